The van der Waals surface area contributed by atoms with Crippen molar-refractivity contribution < 1.29 is 14.0 Å². The monoisotopic (exact) mass is 284 g/mol. The minimum atomic E-state index is 0.635. The van der Waals surface area contributed by atoms with Crippen molar-refractivity contribution in [2.24, 2.45) is 5.92 Å². The van der Waals surface area contributed by atoms with E-state index in [0.717, 1.165) is 45.0 Å². The zero-order valence-electron chi connectivity index (χ0n) is 12.3. The second-order valence-electron chi connectivity index (χ2n) is 5.56. The van der Waals surface area contributed by atoms with Gasteiger partial charge in [-0.1, -0.05) is 30.3 Å². The number of hydrogen-bond donors (Lipinski definition) is 0. The third-order valence-electron chi connectivity index (χ3n) is 3.90. The van der Waals surface area contributed by atoms with Crippen LogP contribution in [0.1, 0.15) is 18.4 Å². The summed E-state index contributed by atoms with van der Waals surface area (Å²) in [5.41, 5.74) is 1.30. The highest BCUT2D eigenvalue weighted by atomic mass is 16.5. The second kappa shape index (κ2) is 7.23. The van der Waals surface area contributed by atoms with E-state index in [2.05, 4.69) is 41.2 Å². The van der Waals surface area contributed by atoms with Crippen LogP contribution in [0.5, 0.6) is 5.75 Å². The Balaban J connectivity index is 1.51. The van der Waals surface area contributed by atoms with Gasteiger partial charge in [0.15, 0.2) is 18.9 Å². The predicted octanol–water partition coefficient (Wildman–Crippen LogP) is 2.83. The van der Waals surface area contributed by atoms with Gasteiger partial charge < -0.3 is 9.47 Å². The molecule has 2 heterocycles. The predicted molar refractivity (Wildman–Crippen MR) is 81.2 cm³/mol. The summed E-state index contributed by atoms with van der Waals surface area (Å²) >= 11 is 0. The maximum Gasteiger partial charge on any atom is 0.173 e. The van der Waals surface area contributed by atoms with Crippen LogP contribution in [0.4, 0.5) is 0 Å². The first-order valence-electron chi connectivity index (χ1n) is 7.64. The number of benzene rings is 1. The van der Waals surface area contributed by atoms with Gasteiger partial charge in [0.1, 0.15) is 5.75 Å². The van der Waals surface area contributed by atoms with Gasteiger partial charge in [-0.25, -0.2) is 4.57 Å². The number of rotatable bonds is 5. The number of pyridine rings is 1. The van der Waals surface area contributed by atoms with Crippen molar-refractivity contribution in [1.82, 2.24) is 0 Å². The van der Waals surface area contributed by atoms with Crippen molar-refractivity contribution in [2.75, 3.05) is 19.8 Å². The molecule has 1 aromatic carbocycles. The molecule has 1 aromatic heterocycles. The molecule has 0 unspecified atom stereocenters. The zero-order chi connectivity index (χ0) is 14.3. The first-order chi connectivity index (χ1) is 10.4. The molecule has 1 saturated heterocycles. The fourth-order valence-electron chi connectivity index (χ4n) is 2.57. The van der Waals surface area contributed by atoms with Crippen molar-refractivity contribution in [3.8, 4) is 5.75 Å². The molecule has 1 fully saturated rings. The van der Waals surface area contributed by atoms with Crippen LogP contribution in [0.2, 0.25) is 0 Å². The van der Waals surface area contributed by atoms with Gasteiger partial charge in [-0.15, -0.1) is 0 Å². The molecule has 0 aliphatic carbocycles. The average Bonchev–Trinajstić information content (AvgIpc) is 2.56. The summed E-state index contributed by atoms with van der Waals surface area (Å²) < 4.78 is 13.4. The molecule has 21 heavy (non-hydrogen) atoms. The fraction of sp³-hybridized carbons (Fsp3) is 0.389. The Hall–Kier alpha value is -1.87. The van der Waals surface area contributed by atoms with Crippen molar-refractivity contribution in [3.63, 3.8) is 0 Å². The van der Waals surface area contributed by atoms with E-state index < -0.39 is 0 Å². The minimum absolute atomic E-state index is 0.635. The van der Waals surface area contributed by atoms with E-state index in [1.807, 2.05) is 18.2 Å². The van der Waals surface area contributed by atoms with Gasteiger partial charge in [0.25, 0.3) is 0 Å². The number of aromatic nitrogens is 1. The van der Waals surface area contributed by atoms with Crippen molar-refractivity contribution in [3.05, 3.63) is 60.4 Å². The summed E-state index contributed by atoms with van der Waals surface area (Å²) in [6.07, 6.45) is 6.38. The van der Waals surface area contributed by atoms with Crippen LogP contribution in [0.15, 0.2) is 54.9 Å². The highest BCUT2D eigenvalue weighted by molar-refractivity contribution is 5.16. The van der Waals surface area contributed by atoms with Crippen LogP contribution in [0, 0.1) is 5.92 Å². The van der Waals surface area contributed by atoms with Crippen molar-refractivity contribution >= 4 is 0 Å². The van der Waals surface area contributed by atoms with Gasteiger partial charge in [0.05, 0.1) is 6.61 Å². The molecule has 0 N–H and O–H groups in total. The number of hydrogen-bond acceptors (Lipinski definition) is 2. The third-order valence-corrected chi connectivity index (χ3v) is 3.90. The van der Waals surface area contributed by atoms with Crippen LogP contribution in [0.3, 0.4) is 0 Å². The van der Waals surface area contributed by atoms with E-state index >= 15 is 0 Å². The quantitative estimate of drug-likeness (QED) is 0.788. The lowest BCUT2D eigenvalue weighted by molar-refractivity contribution is -0.688. The van der Waals surface area contributed by atoms with E-state index in [0.29, 0.717) is 5.92 Å². The molecule has 0 radical (unpaired) electrons. The van der Waals surface area contributed by atoms with Crippen molar-refractivity contribution in [1.29, 1.82) is 0 Å². The Kier molecular flexibility index (Phi) is 4.85. The maximum atomic E-state index is 5.88. The van der Waals surface area contributed by atoms with Gasteiger partial charge in [-0.05, 0) is 18.8 Å². The Bertz CT molecular complexity index is 533. The molecule has 0 atom stereocenters. The SMILES string of the molecule is c1ccc(C[n+]2ccc(OCC3CCOCC3)cc2)cc1. The smallest absolute Gasteiger partial charge is 0.173 e. The summed E-state index contributed by atoms with van der Waals surface area (Å²) in [7, 11) is 0. The molecule has 1 aliphatic rings. The molecule has 0 saturated carbocycles. The van der Waals surface area contributed by atoms with E-state index in [1.54, 1.807) is 0 Å². The van der Waals surface area contributed by atoms with E-state index in [9.17, 15) is 0 Å². The molecule has 3 rings (SSSR count). The van der Waals surface area contributed by atoms with Gasteiger partial charge in [-0.2, -0.15) is 0 Å². The maximum absolute atomic E-state index is 5.88. The zero-order valence-corrected chi connectivity index (χ0v) is 12.3. The third kappa shape index (κ3) is 4.30. The standard InChI is InChI=1S/C18H22NO2/c1-2-4-16(5-3-1)14-19-10-6-18(7-11-19)21-15-17-8-12-20-13-9-17/h1-7,10-11,17H,8-9,12-15H2/q+1. The lowest BCUT2D eigenvalue weighted by Crippen LogP contribution is -2.33. The largest absolute Gasteiger partial charge is 0.493 e. The van der Waals surface area contributed by atoms with Gasteiger partial charge in [0.2, 0.25) is 0 Å². The highest BCUT2D eigenvalue weighted by Gasteiger charge is 2.14. The molecule has 1 aliphatic heterocycles. The molecular weight excluding hydrogens is 262 g/mol. The first kappa shape index (κ1) is 14.1. The Labute approximate surface area is 126 Å². The topological polar surface area (TPSA) is 22.3 Å². The molecule has 0 amide bonds. The molecule has 2 aromatic rings. The summed E-state index contributed by atoms with van der Waals surface area (Å²) in [5.74, 6) is 1.58. The highest BCUT2D eigenvalue weighted by Crippen LogP contribution is 2.16. The van der Waals surface area contributed by atoms with Gasteiger partial charge >= 0.3 is 0 Å². The van der Waals surface area contributed by atoms with E-state index in [1.165, 1.54) is 5.56 Å². The summed E-state index contributed by atoms with van der Waals surface area (Å²) in [4.78, 5) is 0. The van der Waals surface area contributed by atoms with Gasteiger partial charge in [-0.3, -0.25) is 0 Å². The van der Waals surface area contributed by atoms with Crippen LogP contribution < -0.4 is 9.30 Å². The number of ether oxygens (including phenoxy) is 2. The van der Waals surface area contributed by atoms with Crippen molar-refractivity contribution in [2.45, 2.75) is 19.4 Å². The van der Waals surface area contributed by atoms with E-state index in [4.69, 9.17) is 9.47 Å². The molecule has 0 bridgehead atoms. The summed E-state index contributed by atoms with van der Waals surface area (Å²) in [6.45, 7) is 3.44. The Morgan fingerprint density at radius 1 is 1.00 bits per heavy atom. The minimum Gasteiger partial charge on any atom is -0.493 e. The van der Waals surface area contributed by atoms with Crippen LogP contribution >= 0.6 is 0 Å². The molecule has 3 nitrogen and oxygen atoms in total. The number of nitrogens with zero attached hydrogens (tertiary/aromatic N) is 1. The average molecular weight is 284 g/mol. The van der Waals surface area contributed by atoms with E-state index in [-0.39, 0.29) is 0 Å². The summed E-state index contributed by atoms with van der Waals surface area (Å²) in [6, 6.07) is 14.6. The summed E-state index contributed by atoms with van der Waals surface area (Å²) in [5, 5.41) is 0. The van der Waals surface area contributed by atoms with Crippen LogP contribution in [-0.2, 0) is 11.3 Å². The van der Waals surface area contributed by atoms with Crippen LogP contribution in [-0.4, -0.2) is 19.8 Å². The molecule has 110 valence electrons. The Morgan fingerprint density at radius 3 is 2.43 bits per heavy atom. The lowest BCUT2D eigenvalue weighted by Gasteiger charge is -2.21. The fourth-order valence-corrected chi connectivity index (χ4v) is 2.57. The molecule has 0 spiro atoms. The Morgan fingerprint density at radius 2 is 1.71 bits per heavy atom. The second-order valence-corrected chi connectivity index (χ2v) is 5.56. The normalized spacial score (nSPS) is 15.8. The van der Waals surface area contributed by atoms with Gasteiger partial charge in [0, 0.05) is 30.9 Å². The lowest BCUT2D eigenvalue weighted by atomic mass is 10.0. The molecular formula is C18H22NO2+. The van der Waals surface area contributed by atoms with Crippen LogP contribution in [0.25, 0.3) is 0 Å². The first-order valence-corrected chi connectivity index (χ1v) is 7.64. The molecule has 3 heteroatoms.